The zero-order valence-electron chi connectivity index (χ0n) is 11.9. The van der Waals surface area contributed by atoms with E-state index in [2.05, 4.69) is 26.9 Å². The number of piperazine rings is 1. The zero-order valence-corrected chi connectivity index (χ0v) is 11.9. The lowest BCUT2D eigenvalue weighted by atomic mass is 10.1. The van der Waals surface area contributed by atoms with Crippen LogP contribution in [0.3, 0.4) is 0 Å². The van der Waals surface area contributed by atoms with Gasteiger partial charge in [-0.1, -0.05) is 5.16 Å². The van der Waals surface area contributed by atoms with Gasteiger partial charge >= 0.3 is 5.97 Å². The molecular weight excluding hydrogens is 260 g/mol. The zero-order chi connectivity index (χ0) is 14.1. The first-order valence-corrected chi connectivity index (χ1v) is 7.10. The lowest BCUT2D eigenvalue weighted by Gasteiger charge is -2.38. The second-order valence-corrected chi connectivity index (χ2v) is 5.40. The minimum absolute atomic E-state index is 0.0434. The Labute approximate surface area is 117 Å². The summed E-state index contributed by atoms with van der Waals surface area (Å²) in [4.78, 5) is 20.4. The van der Waals surface area contributed by atoms with E-state index in [4.69, 9.17) is 9.26 Å². The number of aromatic nitrogens is 2. The quantitative estimate of drug-likeness (QED) is 0.741. The molecule has 0 saturated carbocycles. The molecule has 2 fully saturated rings. The number of ether oxygens (including phenoxy) is 1. The maximum Gasteiger partial charge on any atom is 0.323 e. The molecule has 0 aromatic carbocycles. The lowest BCUT2D eigenvalue weighted by molar-refractivity contribution is -0.143. The number of carbonyl (C=O) groups is 1. The molecule has 0 spiro atoms. The third-order valence-corrected chi connectivity index (χ3v) is 4.15. The van der Waals surface area contributed by atoms with Gasteiger partial charge in [0.2, 0.25) is 5.89 Å². The largest absolute Gasteiger partial charge is 0.464 e. The molecule has 2 atom stereocenters. The molecule has 1 aromatic heterocycles. The van der Waals surface area contributed by atoms with E-state index in [1.54, 1.807) is 0 Å². The number of carbonyl (C=O) groups excluding carboxylic acids is 1. The van der Waals surface area contributed by atoms with Crippen molar-refractivity contribution >= 4 is 5.97 Å². The number of rotatable bonds is 3. The van der Waals surface area contributed by atoms with Gasteiger partial charge in [0.15, 0.2) is 5.82 Å². The average molecular weight is 280 g/mol. The van der Waals surface area contributed by atoms with E-state index >= 15 is 0 Å². The van der Waals surface area contributed by atoms with Crippen LogP contribution in [0.1, 0.15) is 31.1 Å². The lowest BCUT2D eigenvalue weighted by Crippen LogP contribution is -2.52. The fraction of sp³-hybridized carbons (Fsp3) is 0.769. The summed E-state index contributed by atoms with van der Waals surface area (Å²) in [5, 5.41) is 3.84. The van der Waals surface area contributed by atoms with Gasteiger partial charge in [-0.15, -0.1) is 0 Å². The van der Waals surface area contributed by atoms with Gasteiger partial charge < -0.3 is 9.26 Å². The molecule has 0 bridgehead atoms. The van der Waals surface area contributed by atoms with Gasteiger partial charge in [0.1, 0.15) is 6.04 Å². The minimum atomic E-state index is -0.0703. The number of hydrogen-bond donors (Lipinski definition) is 0. The Morgan fingerprint density at radius 2 is 2.05 bits per heavy atom. The van der Waals surface area contributed by atoms with Crippen LogP contribution >= 0.6 is 0 Å². The van der Waals surface area contributed by atoms with Crippen molar-refractivity contribution in [3.63, 3.8) is 0 Å². The van der Waals surface area contributed by atoms with E-state index in [0.717, 1.165) is 32.6 Å². The number of cyclic esters (lactones) is 1. The Kier molecular flexibility index (Phi) is 3.71. The molecule has 0 unspecified atom stereocenters. The fourth-order valence-electron chi connectivity index (χ4n) is 2.89. The van der Waals surface area contributed by atoms with Crippen LogP contribution in [0.15, 0.2) is 4.52 Å². The second-order valence-electron chi connectivity index (χ2n) is 5.40. The van der Waals surface area contributed by atoms with E-state index in [9.17, 15) is 4.79 Å². The Morgan fingerprint density at radius 1 is 1.30 bits per heavy atom. The molecule has 2 saturated heterocycles. The Balaban J connectivity index is 1.57. The predicted octanol–water partition coefficient (Wildman–Crippen LogP) is 0.372. The monoisotopic (exact) mass is 280 g/mol. The number of hydrogen-bond acceptors (Lipinski definition) is 7. The van der Waals surface area contributed by atoms with Gasteiger partial charge in [0.25, 0.3) is 0 Å². The molecule has 3 rings (SSSR count). The maximum absolute atomic E-state index is 11.6. The Bertz CT molecular complexity index is 482. The molecule has 2 aliphatic heterocycles. The van der Waals surface area contributed by atoms with Crippen molar-refractivity contribution in [3.05, 3.63) is 11.7 Å². The summed E-state index contributed by atoms with van der Waals surface area (Å²) in [6.45, 7) is 7.99. The van der Waals surface area contributed by atoms with Crippen molar-refractivity contribution in [2.45, 2.75) is 32.4 Å². The van der Waals surface area contributed by atoms with Gasteiger partial charge in [-0.25, -0.2) is 0 Å². The second kappa shape index (κ2) is 5.49. The third kappa shape index (κ3) is 2.55. The van der Waals surface area contributed by atoms with Crippen molar-refractivity contribution in [1.82, 2.24) is 19.9 Å². The van der Waals surface area contributed by atoms with Crippen molar-refractivity contribution < 1.29 is 14.1 Å². The topological polar surface area (TPSA) is 71.7 Å². The molecule has 2 aliphatic rings. The van der Waals surface area contributed by atoms with Crippen LogP contribution < -0.4 is 0 Å². The molecule has 1 aromatic rings. The summed E-state index contributed by atoms with van der Waals surface area (Å²) >= 11 is 0. The summed E-state index contributed by atoms with van der Waals surface area (Å²) in [5.74, 6) is 1.26. The summed E-state index contributed by atoms with van der Waals surface area (Å²) < 4.78 is 10.3. The average Bonchev–Trinajstić information content (AvgIpc) is 3.07. The number of aryl methyl sites for hydroxylation is 1. The summed E-state index contributed by atoms with van der Waals surface area (Å²) in [7, 11) is 0. The highest BCUT2D eigenvalue weighted by molar-refractivity contribution is 5.77. The maximum atomic E-state index is 11.6. The van der Waals surface area contributed by atoms with Crippen LogP contribution in [0.5, 0.6) is 0 Å². The minimum Gasteiger partial charge on any atom is -0.464 e. The van der Waals surface area contributed by atoms with Gasteiger partial charge in [-0.2, -0.15) is 4.98 Å². The third-order valence-electron chi connectivity index (χ3n) is 4.15. The van der Waals surface area contributed by atoms with Gasteiger partial charge in [0.05, 0.1) is 12.6 Å². The van der Waals surface area contributed by atoms with Crippen LogP contribution in [-0.4, -0.2) is 64.7 Å². The standard InChI is InChI=1S/C13H20N4O3/c1-9(12-14-10(2)15-20-12)16-4-6-17(7-5-16)11-3-8-19-13(11)18/h9,11H,3-8H2,1-2H3/t9-,11-/m0/s1. The molecule has 110 valence electrons. The predicted molar refractivity (Wildman–Crippen MR) is 70.0 cm³/mol. The summed E-state index contributed by atoms with van der Waals surface area (Å²) in [5.41, 5.74) is 0. The number of esters is 1. The molecule has 0 amide bonds. The van der Waals surface area contributed by atoms with E-state index in [1.807, 2.05) is 6.92 Å². The molecular formula is C13H20N4O3. The van der Waals surface area contributed by atoms with Crippen LogP contribution in [0, 0.1) is 6.92 Å². The van der Waals surface area contributed by atoms with E-state index in [-0.39, 0.29) is 18.1 Å². The number of nitrogens with zero attached hydrogens (tertiary/aromatic N) is 4. The first-order valence-electron chi connectivity index (χ1n) is 7.10. The van der Waals surface area contributed by atoms with Gasteiger partial charge in [-0.05, 0) is 13.8 Å². The smallest absolute Gasteiger partial charge is 0.323 e. The molecule has 0 N–H and O–H groups in total. The molecule has 20 heavy (non-hydrogen) atoms. The first-order chi connectivity index (χ1) is 9.65. The first kappa shape index (κ1) is 13.5. The van der Waals surface area contributed by atoms with Crippen LogP contribution in [-0.2, 0) is 9.53 Å². The van der Waals surface area contributed by atoms with Crippen LogP contribution in [0.25, 0.3) is 0 Å². The molecule has 3 heterocycles. The van der Waals surface area contributed by atoms with Gasteiger partial charge in [-0.3, -0.25) is 14.6 Å². The molecule has 7 heteroatoms. The van der Waals surface area contributed by atoms with Crippen molar-refractivity contribution in [2.75, 3.05) is 32.8 Å². The highest BCUT2D eigenvalue weighted by Gasteiger charge is 2.35. The Hall–Kier alpha value is -1.47. The van der Waals surface area contributed by atoms with Crippen molar-refractivity contribution in [3.8, 4) is 0 Å². The van der Waals surface area contributed by atoms with Gasteiger partial charge in [0, 0.05) is 32.6 Å². The SMILES string of the molecule is Cc1noc([C@H](C)N2CCN([C@H]3CCOC3=O)CC2)n1. The molecule has 7 nitrogen and oxygen atoms in total. The Morgan fingerprint density at radius 3 is 2.60 bits per heavy atom. The fourth-order valence-corrected chi connectivity index (χ4v) is 2.89. The highest BCUT2D eigenvalue weighted by Crippen LogP contribution is 2.22. The highest BCUT2D eigenvalue weighted by atomic mass is 16.5. The van der Waals surface area contributed by atoms with E-state index in [1.165, 1.54) is 0 Å². The molecule has 0 radical (unpaired) electrons. The summed E-state index contributed by atoms with van der Waals surface area (Å²) in [6.07, 6.45) is 0.817. The normalized spacial score (nSPS) is 26.7. The van der Waals surface area contributed by atoms with E-state index < -0.39 is 0 Å². The van der Waals surface area contributed by atoms with Crippen LogP contribution in [0.4, 0.5) is 0 Å². The van der Waals surface area contributed by atoms with E-state index in [0.29, 0.717) is 18.3 Å². The van der Waals surface area contributed by atoms with Crippen molar-refractivity contribution in [2.24, 2.45) is 0 Å². The molecule has 0 aliphatic carbocycles. The van der Waals surface area contributed by atoms with Crippen LogP contribution in [0.2, 0.25) is 0 Å². The summed E-state index contributed by atoms with van der Waals surface area (Å²) in [6, 6.07) is 0.0759. The van der Waals surface area contributed by atoms with Crippen molar-refractivity contribution in [1.29, 1.82) is 0 Å².